The number of rotatable bonds is 7. The molecule has 1 aliphatic heterocycles. The highest BCUT2D eigenvalue weighted by Crippen LogP contribution is 2.46. The molecule has 0 spiro atoms. The minimum Gasteiger partial charge on any atom is -0.490 e. The molecule has 0 aliphatic carbocycles. The summed E-state index contributed by atoms with van der Waals surface area (Å²) in [6, 6.07) is 8.68. The molecule has 4 aromatic heterocycles. The van der Waals surface area contributed by atoms with E-state index in [1.54, 1.807) is 33.2 Å². The zero-order chi connectivity index (χ0) is 28.0. The second kappa shape index (κ2) is 10.3. The van der Waals surface area contributed by atoms with Crippen LogP contribution >= 0.6 is 11.3 Å². The van der Waals surface area contributed by atoms with Crippen LogP contribution in [0.25, 0.3) is 43.9 Å². The van der Waals surface area contributed by atoms with Gasteiger partial charge in [0.1, 0.15) is 23.0 Å². The number of carbonyl (C=O) groups is 1. The molecule has 0 N–H and O–H groups in total. The molecular weight excluding hydrogens is 527 g/mol. The summed E-state index contributed by atoms with van der Waals surface area (Å²) >= 11 is 1.60. The summed E-state index contributed by atoms with van der Waals surface area (Å²) in [5.41, 5.74) is 4.64. The van der Waals surface area contributed by atoms with Gasteiger partial charge in [0.05, 0.1) is 24.0 Å². The summed E-state index contributed by atoms with van der Waals surface area (Å²) in [5, 5.41) is 12.3. The summed E-state index contributed by atoms with van der Waals surface area (Å²) in [5.74, 6) is 0.0141. The number of thiophene rings is 1. The molecule has 1 aliphatic rings. The Bertz CT molecular complexity index is 1740. The van der Waals surface area contributed by atoms with Crippen molar-refractivity contribution in [1.29, 1.82) is 0 Å². The van der Waals surface area contributed by atoms with Crippen LogP contribution in [0.15, 0.2) is 67.0 Å². The molecule has 1 amide bonds. The van der Waals surface area contributed by atoms with Gasteiger partial charge in [0.25, 0.3) is 0 Å². The Kier molecular flexibility index (Phi) is 6.71. The van der Waals surface area contributed by atoms with Gasteiger partial charge in [-0.05, 0) is 56.0 Å². The van der Waals surface area contributed by atoms with Gasteiger partial charge in [0.2, 0.25) is 5.91 Å². The summed E-state index contributed by atoms with van der Waals surface area (Å²) in [7, 11) is 1.88. The van der Waals surface area contributed by atoms with E-state index >= 15 is 0 Å². The van der Waals surface area contributed by atoms with E-state index in [-0.39, 0.29) is 23.9 Å². The molecule has 8 nitrogen and oxygen atoms in total. The van der Waals surface area contributed by atoms with Gasteiger partial charge in [0.15, 0.2) is 0 Å². The molecule has 1 unspecified atom stereocenters. The molecule has 1 fully saturated rings. The largest absolute Gasteiger partial charge is 0.490 e. The van der Waals surface area contributed by atoms with Gasteiger partial charge >= 0.3 is 0 Å². The van der Waals surface area contributed by atoms with Crippen LogP contribution in [0.1, 0.15) is 26.3 Å². The maximum atomic E-state index is 14.4. The molecule has 204 valence electrons. The minimum absolute atomic E-state index is 0.0509. The number of aryl methyl sites for hydroxylation is 1. The maximum Gasteiger partial charge on any atom is 0.246 e. The lowest BCUT2D eigenvalue weighted by Gasteiger charge is -2.18. The summed E-state index contributed by atoms with van der Waals surface area (Å²) < 4.78 is 25.2. The Hall–Kier alpha value is -4.31. The number of fused-ring (bicyclic) bond motifs is 1. The number of hydrogen-bond donors (Lipinski definition) is 0. The van der Waals surface area contributed by atoms with Crippen LogP contribution < -0.4 is 4.74 Å². The molecule has 1 saturated heterocycles. The normalized spacial score (nSPS) is 15.3. The molecule has 5 heterocycles. The van der Waals surface area contributed by atoms with E-state index in [2.05, 4.69) is 17.7 Å². The molecule has 5 aromatic rings. The second-order valence-electron chi connectivity index (χ2n) is 10.2. The fraction of sp³-hybridized carbons (Fsp3) is 0.267. The van der Waals surface area contributed by atoms with Crippen molar-refractivity contribution in [3.63, 3.8) is 0 Å². The number of likely N-dealkylation sites (tertiary alicyclic amines) is 1. The lowest BCUT2D eigenvalue weighted by molar-refractivity contribution is -0.125. The van der Waals surface area contributed by atoms with Crippen molar-refractivity contribution in [2.24, 2.45) is 7.05 Å². The van der Waals surface area contributed by atoms with Gasteiger partial charge < -0.3 is 9.64 Å². The van der Waals surface area contributed by atoms with E-state index < -0.39 is 0 Å². The number of halogens is 1. The lowest BCUT2D eigenvalue weighted by Crippen LogP contribution is -2.27. The van der Waals surface area contributed by atoms with Crippen molar-refractivity contribution in [3.05, 3.63) is 72.8 Å². The number of aromatic nitrogens is 5. The van der Waals surface area contributed by atoms with Gasteiger partial charge in [-0.1, -0.05) is 6.58 Å². The van der Waals surface area contributed by atoms with Crippen LogP contribution in [0, 0.1) is 5.82 Å². The van der Waals surface area contributed by atoms with Crippen molar-refractivity contribution < 1.29 is 13.9 Å². The maximum absolute atomic E-state index is 14.4. The SMILES string of the molecule is C=CC(=O)N1CCC(n2ccc(-c3nc(-c4cnn(C)c4)c4ccsc4c3-c3ccc(F)cc3OC(C)C)n2)C1. The number of nitrogens with zero attached hydrogens (tertiary/aromatic N) is 6. The van der Waals surface area contributed by atoms with Crippen LogP contribution in [-0.4, -0.2) is 54.5 Å². The van der Waals surface area contributed by atoms with E-state index in [9.17, 15) is 9.18 Å². The number of hydrogen-bond acceptors (Lipinski definition) is 6. The number of ether oxygens (including phenoxy) is 1. The lowest BCUT2D eigenvalue weighted by atomic mass is 9.97. The Morgan fingerprint density at radius 2 is 2.10 bits per heavy atom. The van der Waals surface area contributed by atoms with Crippen molar-refractivity contribution in [2.45, 2.75) is 32.4 Å². The molecule has 0 saturated carbocycles. The van der Waals surface area contributed by atoms with E-state index in [0.29, 0.717) is 30.2 Å². The van der Waals surface area contributed by atoms with Crippen LogP contribution in [-0.2, 0) is 11.8 Å². The second-order valence-corrected chi connectivity index (χ2v) is 11.1. The highest BCUT2D eigenvalue weighted by Gasteiger charge is 2.28. The average Bonchev–Trinajstić information content (AvgIpc) is 3.74. The first-order chi connectivity index (χ1) is 19.3. The monoisotopic (exact) mass is 556 g/mol. The third-order valence-electron chi connectivity index (χ3n) is 7.04. The first-order valence-electron chi connectivity index (χ1n) is 13.2. The Balaban J connectivity index is 1.55. The molecule has 40 heavy (non-hydrogen) atoms. The van der Waals surface area contributed by atoms with Crippen molar-refractivity contribution in [2.75, 3.05) is 13.1 Å². The summed E-state index contributed by atoms with van der Waals surface area (Å²) in [6.07, 6.45) is 7.69. The predicted octanol–water partition coefficient (Wildman–Crippen LogP) is 6.11. The number of pyridine rings is 1. The summed E-state index contributed by atoms with van der Waals surface area (Å²) in [4.78, 5) is 19.1. The Morgan fingerprint density at radius 3 is 2.85 bits per heavy atom. The molecular formula is C30H29FN6O2S. The first-order valence-corrected chi connectivity index (χ1v) is 14.0. The van der Waals surface area contributed by atoms with Gasteiger partial charge in [-0.25, -0.2) is 9.37 Å². The smallest absolute Gasteiger partial charge is 0.246 e. The fourth-order valence-corrected chi connectivity index (χ4v) is 6.19. The Morgan fingerprint density at radius 1 is 1.25 bits per heavy atom. The molecule has 1 atom stereocenters. The molecule has 0 bridgehead atoms. The van der Waals surface area contributed by atoms with Crippen LogP contribution in [0.2, 0.25) is 0 Å². The van der Waals surface area contributed by atoms with Gasteiger partial charge in [-0.2, -0.15) is 10.2 Å². The molecule has 10 heteroatoms. The van der Waals surface area contributed by atoms with Crippen LogP contribution in [0.3, 0.4) is 0 Å². The van der Waals surface area contributed by atoms with Crippen molar-refractivity contribution >= 4 is 27.3 Å². The predicted molar refractivity (Wildman–Crippen MR) is 155 cm³/mol. The molecule has 1 aromatic carbocycles. The third kappa shape index (κ3) is 4.68. The zero-order valence-corrected chi connectivity index (χ0v) is 23.4. The van der Waals surface area contributed by atoms with E-state index in [0.717, 1.165) is 38.9 Å². The number of carbonyl (C=O) groups excluding carboxylic acids is 1. The highest BCUT2D eigenvalue weighted by molar-refractivity contribution is 7.18. The topological polar surface area (TPSA) is 78.1 Å². The number of amides is 1. The minimum atomic E-state index is -0.368. The van der Waals surface area contributed by atoms with Gasteiger partial charge in [0, 0.05) is 65.4 Å². The van der Waals surface area contributed by atoms with E-state index in [1.807, 2.05) is 49.4 Å². The Labute approximate surface area is 235 Å². The van der Waals surface area contributed by atoms with E-state index in [4.69, 9.17) is 14.8 Å². The summed E-state index contributed by atoms with van der Waals surface area (Å²) in [6.45, 7) is 8.68. The quantitative estimate of drug-likeness (QED) is 0.226. The zero-order valence-electron chi connectivity index (χ0n) is 22.5. The van der Waals surface area contributed by atoms with E-state index in [1.165, 1.54) is 18.2 Å². The highest BCUT2D eigenvalue weighted by atomic mass is 32.1. The molecule has 0 radical (unpaired) electrons. The first kappa shape index (κ1) is 25.9. The third-order valence-corrected chi connectivity index (χ3v) is 7.97. The van der Waals surface area contributed by atoms with Crippen LogP contribution in [0.4, 0.5) is 4.39 Å². The van der Waals surface area contributed by atoms with Gasteiger partial charge in [-0.3, -0.25) is 14.2 Å². The standard InChI is InChI=1S/C30H29FN6O2S/c1-5-26(38)36-11-8-21(17-36)37-12-9-24(34-37)29-27(22-7-6-20(31)14-25(22)39-18(2)3)30-23(10-13-40-30)28(33-29)19-15-32-35(4)16-19/h5-7,9-10,12-16,18,21H,1,8,11,17H2,2-4H3. The average molecular weight is 557 g/mol. The number of benzene rings is 1. The fourth-order valence-electron chi connectivity index (χ4n) is 5.23. The van der Waals surface area contributed by atoms with Crippen LogP contribution in [0.5, 0.6) is 5.75 Å². The van der Waals surface area contributed by atoms with Gasteiger partial charge in [-0.15, -0.1) is 11.3 Å². The molecule has 6 rings (SSSR count). The van der Waals surface area contributed by atoms with Crippen molar-refractivity contribution in [3.8, 4) is 39.5 Å². The van der Waals surface area contributed by atoms with Crippen molar-refractivity contribution in [1.82, 2.24) is 29.4 Å².